The summed E-state index contributed by atoms with van der Waals surface area (Å²) in [6.45, 7) is 2.01. The van der Waals surface area contributed by atoms with Crippen LogP contribution in [0.1, 0.15) is 17.2 Å². The molecular formula is C24H18BrClN2O3. The number of carbonyl (C=O) groups excluding carboxylic acids is 2. The maximum Gasteiger partial charge on any atom is 0.266 e. The number of hydrogen-bond acceptors (Lipinski definition) is 4. The van der Waals surface area contributed by atoms with Crippen molar-refractivity contribution in [2.75, 3.05) is 9.96 Å². The lowest BCUT2D eigenvalue weighted by atomic mass is 9.90. The number of benzene rings is 3. The lowest BCUT2D eigenvalue weighted by Gasteiger charge is -2.29. The van der Waals surface area contributed by atoms with Crippen molar-refractivity contribution < 1.29 is 14.4 Å². The molecule has 2 amide bonds. The van der Waals surface area contributed by atoms with Gasteiger partial charge >= 0.3 is 0 Å². The molecule has 2 saturated heterocycles. The molecule has 3 atom stereocenters. The third-order valence-corrected chi connectivity index (χ3v) is 6.48. The summed E-state index contributed by atoms with van der Waals surface area (Å²) in [5.74, 6) is -1.28. The Morgan fingerprint density at radius 3 is 2.10 bits per heavy atom. The molecule has 0 radical (unpaired) electrons. The van der Waals surface area contributed by atoms with Gasteiger partial charge < -0.3 is 0 Å². The molecule has 2 heterocycles. The van der Waals surface area contributed by atoms with Crippen molar-refractivity contribution in [3.05, 3.63) is 93.4 Å². The summed E-state index contributed by atoms with van der Waals surface area (Å²) in [5.41, 5.74) is 3.30. The molecule has 7 heteroatoms. The number of hydrogen-bond donors (Lipinski definition) is 0. The molecular weight excluding hydrogens is 480 g/mol. The highest BCUT2D eigenvalue weighted by Gasteiger charge is 2.60. The van der Waals surface area contributed by atoms with Crippen molar-refractivity contribution in [2.45, 2.75) is 19.1 Å². The summed E-state index contributed by atoms with van der Waals surface area (Å²) in [5, 5.41) is 2.27. The van der Waals surface area contributed by atoms with Crippen LogP contribution < -0.4 is 9.96 Å². The first kappa shape index (κ1) is 20.2. The SMILES string of the molecule is Cc1ccc([C@@H]2[C@@H]3C(=O)N(c4ccc(Br)cc4)C(=O)[C@H]3ON2c2ccc(Cl)cc2)cc1. The van der Waals surface area contributed by atoms with E-state index < -0.39 is 18.1 Å². The van der Waals surface area contributed by atoms with Gasteiger partial charge in [0.2, 0.25) is 5.91 Å². The predicted molar refractivity (Wildman–Crippen MR) is 123 cm³/mol. The third kappa shape index (κ3) is 3.45. The maximum atomic E-state index is 13.5. The van der Waals surface area contributed by atoms with Gasteiger partial charge in [-0.15, -0.1) is 0 Å². The van der Waals surface area contributed by atoms with Crippen LogP contribution in [0.15, 0.2) is 77.3 Å². The lowest BCUT2D eigenvalue weighted by Crippen LogP contribution is -2.37. The highest BCUT2D eigenvalue weighted by atomic mass is 79.9. The smallest absolute Gasteiger partial charge is 0.266 e. The first-order valence-corrected chi connectivity index (χ1v) is 11.0. The molecule has 5 nitrogen and oxygen atoms in total. The molecule has 31 heavy (non-hydrogen) atoms. The van der Waals surface area contributed by atoms with Gasteiger partial charge in [-0.1, -0.05) is 57.4 Å². The number of nitrogens with zero attached hydrogens (tertiary/aromatic N) is 2. The van der Waals surface area contributed by atoms with E-state index in [1.165, 1.54) is 4.90 Å². The summed E-state index contributed by atoms with van der Waals surface area (Å²) in [4.78, 5) is 34.2. The Labute approximate surface area is 193 Å². The topological polar surface area (TPSA) is 49.9 Å². The molecule has 156 valence electrons. The minimum absolute atomic E-state index is 0.264. The van der Waals surface area contributed by atoms with Gasteiger partial charge in [-0.05, 0) is 61.0 Å². The van der Waals surface area contributed by atoms with Crippen molar-refractivity contribution in [3.63, 3.8) is 0 Å². The van der Waals surface area contributed by atoms with E-state index in [9.17, 15) is 9.59 Å². The van der Waals surface area contributed by atoms with Crippen molar-refractivity contribution >= 4 is 50.7 Å². The number of anilines is 2. The highest BCUT2D eigenvalue weighted by molar-refractivity contribution is 9.10. The van der Waals surface area contributed by atoms with E-state index in [-0.39, 0.29) is 11.8 Å². The number of carbonyl (C=O) groups is 2. The van der Waals surface area contributed by atoms with Crippen molar-refractivity contribution in [2.24, 2.45) is 5.92 Å². The molecule has 3 aromatic carbocycles. The average molecular weight is 498 g/mol. The second-order valence-electron chi connectivity index (χ2n) is 7.70. The Balaban J connectivity index is 1.57. The zero-order valence-corrected chi connectivity index (χ0v) is 18.9. The number of halogens is 2. The molecule has 0 aromatic heterocycles. The first-order valence-electron chi connectivity index (χ1n) is 9.85. The molecule has 2 fully saturated rings. The number of imide groups is 1. The summed E-state index contributed by atoms with van der Waals surface area (Å²) in [7, 11) is 0. The molecule has 0 N–H and O–H groups in total. The van der Waals surface area contributed by atoms with Crippen LogP contribution in [0.4, 0.5) is 11.4 Å². The molecule has 3 aromatic rings. The van der Waals surface area contributed by atoms with E-state index in [0.29, 0.717) is 10.7 Å². The lowest BCUT2D eigenvalue weighted by molar-refractivity contribution is -0.126. The zero-order chi connectivity index (χ0) is 21.7. The second-order valence-corrected chi connectivity index (χ2v) is 9.05. The molecule has 0 unspecified atom stereocenters. The van der Waals surface area contributed by atoms with Crippen molar-refractivity contribution in [1.29, 1.82) is 0 Å². The Morgan fingerprint density at radius 2 is 1.45 bits per heavy atom. The van der Waals surface area contributed by atoms with Gasteiger partial charge in [-0.3, -0.25) is 14.4 Å². The predicted octanol–water partition coefficient (Wildman–Crippen LogP) is 5.46. The van der Waals surface area contributed by atoms with Crippen molar-refractivity contribution in [3.8, 4) is 0 Å². The van der Waals surface area contributed by atoms with Crippen molar-refractivity contribution in [1.82, 2.24) is 0 Å². The first-order chi connectivity index (χ1) is 14.9. The van der Waals surface area contributed by atoms with Gasteiger partial charge in [0.05, 0.1) is 17.4 Å². The van der Waals surface area contributed by atoms with Crippen LogP contribution in [0.2, 0.25) is 5.02 Å². The van der Waals surface area contributed by atoms with Crippen LogP contribution in [-0.2, 0) is 14.4 Å². The van der Waals surface area contributed by atoms with Gasteiger partial charge in [0.25, 0.3) is 5.91 Å². The van der Waals surface area contributed by atoms with Gasteiger partial charge in [-0.2, -0.15) is 0 Å². The molecule has 2 aliphatic heterocycles. The zero-order valence-electron chi connectivity index (χ0n) is 16.5. The van der Waals surface area contributed by atoms with Crippen LogP contribution in [0.25, 0.3) is 0 Å². The van der Waals surface area contributed by atoms with E-state index in [1.807, 2.05) is 55.5 Å². The number of aryl methyl sites for hydroxylation is 1. The quantitative estimate of drug-likeness (QED) is 0.451. The van der Waals surface area contributed by atoms with Crippen LogP contribution in [0, 0.1) is 12.8 Å². The standard InChI is InChI=1S/C24H18BrClN2O3/c1-14-2-4-15(5-3-14)21-20-22(31-28(21)19-12-8-17(26)9-13-19)24(30)27(23(20)29)18-10-6-16(25)7-11-18/h2-13,20-22H,1H3/t20-,21+,22-/m0/s1. The molecule has 0 bridgehead atoms. The Hall–Kier alpha value is -2.67. The Kier molecular flexibility index (Phi) is 5.08. The van der Waals surface area contributed by atoms with E-state index in [4.69, 9.17) is 16.4 Å². The Bertz CT molecular complexity index is 1150. The fraction of sp³-hybridized carbons (Fsp3) is 0.167. The normalized spacial score (nSPS) is 22.9. The fourth-order valence-electron chi connectivity index (χ4n) is 4.17. The van der Waals surface area contributed by atoms with Gasteiger partial charge in [-0.25, -0.2) is 9.96 Å². The van der Waals surface area contributed by atoms with Crippen LogP contribution in [0.5, 0.6) is 0 Å². The summed E-state index contributed by atoms with van der Waals surface area (Å²) < 4.78 is 0.873. The average Bonchev–Trinajstić information content (AvgIpc) is 3.26. The van der Waals surface area contributed by atoms with E-state index >= 15 is 0 Å². The minimum atomic E-state index is -0.891. The van der Waals surface area contributed by atoms with E-state index in [2.05, 4.69) is 15.9 Å². The van der Waals surface area contributed by atoms with Gasteiger partial charge in [0.1, 0.15) is 5.92 Å². The summed E-state index contributed by atoms with van der Waals surface area (Å²) >= 11 is 9.44. The van der Waals surface area contributed by atoms with E-state index in [0.717, 1.165) is 21.3 Å². The summed E-state index contributed by atoms with van der Waals surface area (Å²) in [6, 6.07) is 21.8. The Morgan fingerprint density at radius 1 is 0.839 bits per heavy atom. The molecule has 2 aliphatic rings. The van der Waals surface area contributed by atoms with Gasteiger partial charge in [0.15, 0.2) is 6.10 Å². The van der Waals surface area contributed by atoms with Gasteiger partial charge in [0, 0.05) is 9.50 Å². The minimum Gasteiger partial charge on any atom is -0.273 e. The molecule has 0 saturated carbocycles. The number of fused-ring (bicyclic) bond motifs is 1. The van der Waals surface area contributed by atoms with Crippen LogP contribution in [0.3, 0.4) is 0 Å². The maximum absolute atomic E-state index is 13.5. The van der Waals surface area contributed by atoms with Crippen LogP contribution >= 0.6 is 27.5 Å². The molecule has 0 aliphatic carbocycles. The number of amides is 2. The largest absolute Gasteiger partial charge is 0.273 e. The van der Waals surface area contributed by atoms with E-state index in [1.54, 1.807) is 29.3 Å². The summed E-state index contributed by atoms with van der Waals surface area (Å²) in [6.07, 6.45) is -0.891. The number of hydroxylamine groups is 1. The monoisotopic (exact) mass is 496 g/mol. The molecule has 0 spiro atoms. The van der Waals surface area contributed by atoms with Crippen LogP contribution in [-0.4, -0.2) is 17.9 Å². The number of rotatable bonds is 3. The third-order valence-electron chi connectivity index (χ3n) is 5.70. The second kappa shape index (κ2) is 7.79. The fourth-order valence-corrected chi connectivity index (χ4v) is 4.56. The highest BCUT2D eigenvalue weighted by Crippen LogP contribution is 2.47. The molecule has 5 rings (SSSR count).